The van der Waals surface area contributed by atoms with Gasteiger partial charge in [0, 0.05) is 37.2 Å². The molecule has 2 aromatic rings. The van der Waals surface area contributed by atoms with Gasteiger partial charge in [-0.3, -0.25) is 4.98 Å². The van der Waals surface area contributed by atoms with Crippen LogP contribution in [0.5, 0.6) is 0 Å². The molecule has 0 saturated carbocycles. The summed E-state index contributed by atoms with van der Waals surface area (Å²) in [6.07, 6.45) is 1.86. The average Bonchev–Trinajstić information content (AvgIpc) is 3.09. The van der Waals surface area contributed by atoms with E-state index in [1.165, 1.54) is 17.0 Å². The van der Waals surface area contributed by atoms with Gasteiger partial charge in [-0.1, -0.05) is 6.07 Å². The van der Waals surface area contributed by atoms with Crippen LogP contribution in [-0.4, -0.2) is 51.6 Å². The normalized spacial score (nSPS) is 20.1. The lowest BCUT2D eigenvalue weighted by Crippen LogP contribution is -2.35. The molecule has 0 radical (unpaired) electrons. The number of pyridine rings is 1. The van der Waals surface area contributed by atoms with Crippen molar-refractivity contribution in [3.63, 3.8) is 0 Å². The molecule has 1 saturated heterocycles. The number of likely N-dealkylation sites (N-methyl/N-ethyl adjacent to an activating group) is 1. The van der Waals surface area contributed by atoms with Crippen LogP contribution < -0.4 is 5.32 Å². The van der Waals surface area contributed by atoms with Gasteiger partial charge in [-0.15, -0.1) is 0 Å². The van der Waals surface area contributed by atoms with Gasteiger partial charge in [0.2, 0.25) is 0 Å². The standard InChI is InChI=1S/C20H29N5S/c1-6-24-14(2)13-16(15(24)3)19-18(17-9-7-8-10-21-17)22-20(26)25(19)12-11-23(4)5/h7-10,13,18-19H,6,11-12H2,1-5H3,(H,22,26)/t18-,19-/m0/s1. The minimum Gasteiger partial charge on any atom is -0.352 e. The van der Waals surface area contributed by atoms with Gasteiger partial charge >= 0.3 is 0 Å². The first-order valence-corrected chi connectivity index (χ1v) is 9.64. The summed E-state index contributed by atoms with van der Waals surface area (Å²) in [5.74, 6) is 0. The maximum Gasteiger partial charge on any atom is 0.170 e. The Labute approximate surface area is 162 Å². The smallest absolute Gasteiger partial charge is 0.170 e. The van der Waals surface area contributed by atoms with E-state index in [1.54, 1.807) is 0 Å². The topological polar surface area (TPSA) is 36.3 Å². The molecule has 5 nitrogen and oxygen atoms in total. The minimum absolute atomic E-state index is 0.0664. The van der Waals surface area contributed by atoms with Crippen molar-refractivity contribution in [2.45, 2.75) is 39.4 Å². The summed E-state index contributed by atoms with van der Waals surface area (Å²) in [6, 6.07) is 8.63. The monoisotopic (exact) mass is 371 g/mol. The van der Waals surface area contributed by atoms with Gasteiger partial charge in [0.15, 0.2) is 5.11 Å². The highest BCUT2D eigenvalue weighted by Crippen LogP contribution is 2.40. The van der Waals surface area contributed by atoms with Crippen molar-refractivity contribution in [2.24, 2.45) is 0 Å². The molecule has 140 valence electrons. The van der Waals surface area contributed by atoms with E-state index >= 15 is 0 Å². The third-order valence-corrected chi connectivity index (χ3v) is 5.59. The minimum atomic E-state index is 0.0664. The summed E-state index contributed by atoms with van der Waals surface area (Å²) in [4.78, 5) is 9.14. The van der Waals surface area contributed by atoms with E-state index in [0.29, 0.717) is 0 Å². The van der Waals surface area contributed by atoms with Crippen LogP contribution in [0.1, 0.15) is 41.7 Å². The molecule has 1 aliphatic rings. The van der Waals surface area contributed by atoms with Gasteiger partial charge in [-0.2, -0.15) is 0 Å². The van der Waals surface area contributed by atoms with Crippen LogP contribution in [0.25, 0.3) is 0 Å². The first-order valence-electron chi connectivity index (χ1n) is 9.23. The number of nitrogens with one attached hydrogen (secondary N) is 1. The zero-order valence-electron chi connectivity index (χ0n) is 16.4. The van der Waals surface area contributed by atoms with Crippen molar-refractivity contribution in [2.75, 3.05) is 27.2 Å². The molecule has 1 fully saturated rings. The van der Waals surface area contributed by atoms with Crippen LogP contribution in [0.2, 0.25) is 0 Å². The van der Waals surface area contributed by atoms with E-state index in [4.69, 9.17) is 12.2 Å². The molecular formula is C20H29N5S. The summed E-state index contributed by atoms with van der Waals surface area (Å²) in [7, 11) is 4.20. The third-order valence-electron chi connectivity index (χ3n) is 5.23. The highest BCUT2D eigenvalue weighted by Gasteiger charge is 2.41. The highest BCUT2D eigenvalue weighted by atomic mass is 32.1. The summed E-state index contributed by atoms with van der Waals surface area (Å²) in [6.45, 7) is 9.42. The highest BCUT2D eigenvalue weighted by molar-refractivity contribution is 7.80. The van der Waals surface area contributed by atoms with Crippen LogP contribution in [-0.2, 0) is 6.54 Å². The Balaban J connectivity index is 2.04. The van der Waals surface area contributed by atoms with E-state index in [2.05, 4.69) is 71.7 Å². The summed E-state index contributed by atoms with van der Waals surface area (Å²) in [5, 5.41) is 4.35. The summed E-state index contributed by atoms with van der Waals surface area (Å²) < 4.78 is 2.37. The van der Waals surface area contributed by atoms with Crippen LogP contribution >= 0.6 is 12.2 Å². The molecule has 0 aliphatic carbocycles. The van der Waals surface area contributed by atoms with Crippen LogP contribution in [0, 0.1) is 13.8 Å². The summed E-state index contributed by atoms with van der Waals surface area (Å²) in [5.41, 5.74) is 4.99. The second-order valence-corrected chi connectivity index (χ2v) is 7.58. The Bertz CT molecular complexity index is 768. The zero-order valence-corrected chi connectivity index (χ0v) is 17.2. The fourth-order valence-corrected chi connectivity index (χ4v) is 4.24. The fraction of sp³-hybridized carbons (Fsp3) is 0.500. The SMILES string of the molecule is CCn1c(C)cc([C@H]2[C@H](c3ccccn3)NC(=S)N2CCN(C)C)c1C. The molecule has 1 N–H and O–H groups in total. The largest absolute Gasteiger partial charge is 0.352 e. The van der Waals surface area contributed by atoms with Crippen molar-refractivity contribution in [3.05, 3.63) is 53.1 Å². The molecule has 0 unspecified atom stereocenters. The fourth-order valence-electron chi connectivity index (χ4n) is 3.91. The molecule has 3 rings (SSSR count). The van der Waals surface area contributed by atoms with Gasteiger partial charge < -0.3 is 19.7 Å². The van der Waals surface area contributed by atoms with Crippen molar-refractivity contribution in [3.8, 4) is 0 Å². The van der Waals surface area contributed by atoms with Gasteiger partial charge in [-0.25, -0.2) is 0 Å². The summed E-state index contributed by atoms with van der Waals surface area (Å²) >= 11 is 5.72. The van der Waals surface area contributed by atoms with Crippen molar-refractivity contribution < 1.29 is 0 Å². The van der Waals surface area contributed by atoms with E-state index in [-0.39, 0.29) is 12.1 Å². The lowest BCUT2D eigenvalue weighted by Gasteiger charge is -2.29. The Kier molecular flexibility index (Phi) is 5.63. The Hall–Kier alpha value is -1.92. The van der Waals surface area contributed by atoms with Crippen molar-refractivity contribution in [1.29, 1.82) is 0 Å². The molecule has 0 aromatic carbocycles. The molecule has 0 bridgehead atoms. The number of nitrogens with zero attached hydrogens (tertiary/aromatic N) is 4. The van der Waals surface area contributed by atoms with Gasteiger partial charge in [0.1, 0.15) is 0 Å². The number of aromatic nitrogens is 2. The lowest BCUT2D eigenvalue weighted by molar-refractivity contribution is 0.277. The van der Waals surface area contributed by atoms with Gasteiger partial charge in [0.05, 0.1) is 17.8 Å². The number of aryl methyl sites for hydroxylation is 1. The molecular weight excluding hydrogens is 342 g/mol. The number of thiocarbonyl (C=S) groups is 1. The molecule has 26 heavy (non-hydrogen) atoms. The number of hydrogen-bond acceptors (Lipinski definition) is 3. The van der Waals surface area contributed by atoms with E-state index in [9.17, 15) is 0 Å². The predicted molar refractivity (Wildman–Crippen MR) is 110 cm³/mol. The Morgan fingerprint density at radius 2 is 2.04 bits per heavy atom. The third kappa shape index (κ3) is 3.48. The molecule has 0 spiro atoms. The average molecular weight is 372 g/mol. The predicted octanol–water partition coefficient (Wildman–Crippen LogP) is 3.05. The lowest BCUT2D eigenvalue weighted by atomic mass is 9.97. The molecule has 6 heteroatoms. The first-order chi connectivity index (χ1) is 12.4. The number of rotatable bonds is 6. The molecule has 3 heterocycles. The van der Waals surface area contributed by atoms with Gasteiger partial charge in [0.25, 0.3) is 0 Å². The maximum absolute atomic E-state index is 5.72. The number of hydrogen-bond donors (Lipinski definition) is 1. The Morgan fingerprint density at radius 1 is 1.27 bits per heavy atom. The van der Waals surface area contributed by atoms with Gasteiger partial charge in [-0.05, 0) is 70.8 Å². The quantitative estimate of drug-likeness (QED) is 0.790. The first kappa shape index (κ1) is 18.9. The molecule has 0 amide bonds. The van der Waals surface area contributed by atoms with Crippen LogP contribution in [0.15, 0.2) is 30.5 Å². The van der Waals surface area contributed by atoms with Crippen molar-refractivity contribution in [1.82, 2.24) is 24.7 Å². The molecule has 2 aromatic heterocycles. The zero-order chi connectivity index (χ0) is 18.8. The van der Waals surface area contributed by atoms with E-state index < -0.39 is 0 Å². The van der Waals surface area contributed by atoms with Crippen LogP contribution in [0.4, 0.5) is 0 Å². The maximum atomic E-state index is 5.72. The molecule has 2 atom stereocenters. The Morgan fingerprint density at radius 3 is 2.62 bits per heavy atom. The van der Waals surface area contributed by atoms with E-state index in [0.717, 1.165) is 30.4 Å². The second kappa shape index (κ2) is 7.76. The second-order valence-electron chi connectivity index (χ2n) is 7.19. The van der Waals surface area contributed by atoms with Crippen LogP contribution in [0.3, 0.4) is 0 Å². The molecule has 1 aliphatic heterocycles. The van der Waals surface area contributed by atoms with Crippen molar-refractivity contribution >= 4 is 17.3 Å². The van der Waals surface area contributed by atoms with E-state index in [1.807, 2.05) is 18.3 Å².